The van der Waals surface area contributed by atoms with E-state index in [0.717, 1.165) is 43.5 Å². The van der Waals surface area contributed by atoms with Gasteiger partial charge in [-0.15, -0.1) is 24.0 Å². The van der Waals surface area contributed by atoms with Gasteiger partial charge in [0.15, 0.2) is 5.96 Å². The smallest absolute Gasteiger partial charge is 0.409 e. The van der Waals surface area contributed by atoms with Crippen LogP contribution in [0.1, 0.15) is 19.4 Å². The number of rotatable bonds is 8. The predicted octanol–water partition coefficient (Wildman–Crippen LogP) is 2.48. The lowest BCUT2D eigenvalue weighted by molar-refractivity contribution is 0.0914. The summed E-state index contributed by atoms with van der Waals surface area (Å²) >= 11 is 0. The van der Waals surface area contributed by atoms with Gasteiger partial charge in [-0.3, -0.25) is 0 Å². The molecule has 1 amide bonds. The fraction of sp³-hybridized carbons (Fsp3) is 0.619. The molecule has 1 aromatic rings. The zero-order valence-electron chi connectivity index (χ0n) is 18.6. The second-order valence-electron chi connectivity index (χ2n) is 7.14. The van der Waals surface area contributed by atoms with E-state index in [9.17, 15) is 4.79 Å². The number of nitrogens with zero attached hydrogens (tertiary/aromatic N) is 4. The number of likely N-dealkylation sites (N-methyl/N-ethyl adjacent to an activating group) is 1. The van der Waals surface area contributed by atoms with Crippen LogP contribution in [0.2, 0.25) is 0 Å². The molecular weight excluding hydrogens is 497 g/mol. The second kappa shape index (κ2) is 14.3. The summed E-state index contributed by atoms with van der Waals surface area (Å²) in [6.45, 7) is 9.94. The summed E-state index contributed by atoms with van der Waals surface area (Å²) < 4.78 is 10.9. The van der Waals surface area contributed by atoms with Crippen molar-refractivity contribution < 1.29 is 14.3 Å². The number of nitrogens with one attached hydrogen (secondary N) is 1. The van der Waals surface area contributed by atoms with Crippen LogP contribution in [0.5, 0.6) is 5.75 Å². The molecule has 1 aromatic carbocycles. The molecule has 8 nitrogen and oxygen atoms in total. The minimum absolute atomic E-state index is 0. The highest BCUT2D eigenvalue weighted by Crippen LogP contribution is 2.14. The van der Waals surface area contributed by atoms with E-state index < -0.39 is 0 Å². The van der Waals surface area contributed by atoms with E-state index in [1.807, 2.05) is 39.2 Å². The first kappa shape index (κ1) is 26.3. The topological polar surface area (TPSA) is 69.6 Å². The quantitative estimate of drug-likeness (QED) is 0.315. The van der Waals surface area contributed by atoms with Crippen LogP contribution >= 0.6 is 24.0 Å². The maximum absolute atomic E-state index is 11.9. The highest BCUT2D eigenvalue weighted by Gasteiger charge is 2.23. The van der Waals surface area contributed by atoms with Gasteiger partial charge < -0.3 is 29.5 Å². The molecule has 0 aromatic heterocycles. The van der Waals surface area contributed by atoms with Crippen LogP contribution in [0.3, 0.4) is 0 Å². The molecule has 0 radical (unpaired) electrons. The minimum Gasteiger partial charge on any atom is -0.492 e. The van der Waals surface area contributed by atoms with Gasteiger partial charge in [-0.25, -0.2) is 9.79 Å². The highest BCUT2D eigenvalue weighted by atomic mass is 127. The standard InChI is InChI=1S/C21H35N5O3.HI/c1-5-22-20(25-10-12-26(13-11-25)21(27)28-6-2)23-17-18-8-7-9-19(16-18)29-15-14-24(3)4;/h7-9,16H,5-6,10-15,17H2,1-4H3,(H,22,23);1H. The van der Waals surface area contributed by atoms with Gasteiger partial charge in [0.1, 0.15) is 12.4 Å². The zero-order chi connectivity index (χ0) is 21.1. The number of hydrogen-bond donors (Lipinski definition) is 1. The van der Waals surface area contributed by atoms with Gasteiger partial charge in [0, 0.05) is 39.3 Å². The highest BCUT2D eigenvalue weighted by molar-refractivity contribution is 14.0. The summed E-state index contributed by atoms with van der Waals surface area (Å²) in [5.41, 5.74) is 1.10. The Hall–Kier alpha value is -1.75. The van der Waals surface area contributed by atoms with Crippen LogP contribution in [0.4, 0.5) is 4.79 Å². The summed E-state index contributed by atoms with van der Waals surface area (Å²) in [4.78, 5) is 22.7. The summed E-state index contributed by atoms with van der Waals surface area (Å²) in [5.74, 6) is 1.74. The molecule has 0 bridgehead atoms. The zero-order valence-corrected chi connectivity index (χ0v) is 20.9. The van der Waals surface area contributed by atoms with Gasteiger partial charge in [0.2, 0.25) is 0 Å². The molecule has 0 spiro atoms. The lowest BCUT2D eigenvalue weighted by atomic mass is 10.2. The number of hydrogen-bond acceptors (Lipinski definition) is 5. The lowest BCUT2D eigenvalue weighted by Crippen LogP contribution is -2.53. The van der Waals surface area contributed by atoms with Crippen LogP contribution in [-0.2, 0) is 11.3 Å². The Labute approximate surface area is 197 Å². The Morgan fingerprint density at radius 1 is 1.17 bits per heavy atom. The van der Waals surface area contributed by atoms with E-state index >= 15 is 0 Å². The van der Waals surface area contributed by atoms with Crippen LogP contribution in [0, 0.1) is 0 Å². The molecular formula is C21H36IN5O3. The van der Waals surface area contributed by atoms with Crippen molar-refractivity contribution in [1.82, 2.24) is 20.0 Å². The van der Waals surface area contributed by atoms with Crippen molar-refractivity contribution >= 4 is 36.0 Å². The molecule has 0 aliphatic carbocycles. The molecule has 1 heterocycles. The molecule has 0 atom stereocenters. The number of carbonyl (C=O) groups excluding carboxylic acids is 1. The number of halogens is 1. The van der Waals surface area contributed by atoms with Crippen molar-refractivity contribution in [2.45, 2.75) is 20.4 Å². The number of guanidine groups is 1. The molecule has 0 saturated carbocycles. The van der Waals surface area contributed by atoms with E-state index in [1.165, 1.54) is 0 Å². The van der Waals surface area contributed by atoms with E-state index in [-0.39, 0.29) is 30.1 Å². The normalized spacial score (nSPS) is 14.4. The van der Waals surface area contributed by atoms with Crippen molar-refractivity contribution in [3.8, 4) is 5.75 Å². The van der Waals surface area contributed by atoms with E-state index in [1.54, 1.807) is 4.90 Å². The fourth-order valence-electron chi connectivity index (χ4n) is 2.99. The van der Waals surface area contributed by atoms with Gasteiger partial charge in [-0.05, 0) is 45.6 Å². The third kappa shape index (κ3) is 8.95. The summed E-state index contributed by atoms with van der Waals surface area (Å²) in [5, 5.41) is 3.36. The molecule has 0 unspecified atom stereocenters. The Bertz CT molecular complexity index is 664. The van der Waals surface area contributed by atoms with E-state index in [2.05, 4.69) is 28.1 Å². The number of ether oxygens (including phenoxy) is 2. The average Bonchev–Trinajstić information content (AvgIpc) is 2.71. The molecule has 1 N–H and O–H groups in total. The minimum atomic E-state index is -0.236. The van der Waals surface area contributed by atoms with Gasteiger partial charge in [-0.2, -0.15) is 0 Å². The van der Waals surface area contributed by atoms with Crippen LogP contribution in [0.25, 0.3) is 0 Å². The van der Waals surface area contributed by atoms with Crippen LogP contribution in [-0.4, -0.2) is 93.3 Å². The van der Waals surface area contributed by atoms with E-state index in [4.69, 9.17) is 14.5 Å². The molecule has 9 heteroatoms. The number of piperazine rings is 1. The van der Waals surface area contributed by atoms with Crippen molar-refractivity contribution in [3.63, 3.8) is 0 Å². The fourth-order valence-corrected chi connectivity index (χ4v) is 2.99. The van der Waals surface area contributed by atoms with Crippen LogP contribution in [0.15, 0.2) is 29.3 Å². The van der Waals surface area contributed by atoms with E-state index in [0.29, 0.717) is 32.8 Å². The molecule has 170 valence electrons. The average molecular weight is 533 g/mol. The van der Waals surface area contributed by atoms with Crippen molar-refractivity contribution in [1.29, 1.82) is 0 Å². The molecule has 1 aliphatic heterocycles. The first-order valence-corrected chi connectivity index (χ1v) is 10.3. The molecule has 2 rings (SSSR count). The number of benzene rings is 1. The Morgan fingerprint density at radius 3 is 2.50 bits per heavy atom. The molecule has 1 fully saturated rings. The van der Waals surface area contributed by atoms with Gasteiger partial charge >= 0.3 is 6.09 Å². The monoisotopic (exact) mass is 533 g/mol. The summed E-state index contributed by atoms with van der Waals surface area (Å²) in [6.07, 6.45) is -0.236. The maximum atomic E-state index is 11.9. The number of amides is 1. The molecule has 30 heavy (non-hydrogen) atoms. The third-order valence-electron chi connectivity index (χ3n) is 4.56. The third-order valence-corrected chi connectivity index (χ3v) is 4.56. The van der Waals surface area contributed by atoms with Crippen molar-refractivity contribution in [2.24, 2.45) is 4.99 Å². The second-order valence-corrected chi connectivity index (χ2v) is 7.14. The molecule has 1 aliphatic rings. The van der Waals surface area contributed by atoms with Gasteiger partial charge in [-0.1, -0.05) is 12.1 Å². The SMILES string of the molecule is CCNC(=NCc1cccc(OCCN(C)C)c1)N1CCN(C(=O)OCC)CC1.I. The van der Waals surface area contributed by atoms with Gasteiger partial charge in [0.25, 0.3) is 0 Å². The number of aliphatic imine (C=N–C) groups is 1. The summed E-state index contributed by atoms with van der Waals surface area (Å²) in [6, 6.07) is 8.08. The predicted molar refractivity (Wildman–Crippen MR) is 131 cm³/mol. The first-order chi connectivity index (χ1) is 14.0. The van der Waals surface area contributed by atoms with Crippen molar-refractivity contribution in [3.05, 3.63) is 29.8 Å². The van der Waals surface area contributed by atoms with Gasteiger partial charge in [0.05, 0.1) is 13.2 Å². The largest absolute Gasteiger partial charge is 0.492 e. The summed E-state index contributed by atoms with van der Waals surface area (Å²) in [7, 11) is 4.06. The number of carbonyl (C=O) groups is 1. The maximum Gasteiger partial charge on any atom is 0.409 e. The first-order valence-electron chi connectivity index (χ1n) is 10.3. The Kier molecular flexibility index (Phi) is 12.5. The van der Waals surface area contributed by atoms with Crippen LogP contribution < -0.4 is 10.1 Å². The lowest BCUT2D eigenvalue weighted by Gasteiger charge is -2.35. The Balaban J connectivity index is 0.00000450. The Morgan fingerprint density at radius 2 is 1.87 bits per heavy atom. The van der Waals surface area contributed by atoms with Crippen molar-refractivity contribution in [2.75, 3.05) is 66.6 Å². The molecule has 1 saturated heterocycles.